The Morgan fingerprint density at radius 1 is 1.23 bits per heavy atom. The van der Waals surface area contributed by atoms with Crippen molar-refractivity contribution in [2.24, 2.45) is 0 Å². The Balaban J connectivity index is 2.29. The lowest BCUT2D eigenvalue weighted by Crippen LogP contribution is -2.28. The molecule has 140 valence electrons. The highest BCUT2D eigenvalue weighted by molar-refractivity contribution is 6.31. The van der Waals surface area contributed by atoms with Gasteiger partial charge in [0.1, 0.15) is 0 Å². The number of hydrogen-bond donors (Lipinski definition) is 3. The minimum atomic E-state index is -0.251. The zero-order valence-electron chi connectivity index (χ0n) is 15.9. The van der Waals surface area contributed by atoms with Gasteiger partial charge in [-0.3, -0.25) is 9.59 Å². The van der Waals surface area contributed by atoms with Crippen molar-refractivity contribution < 1.29 is 4.79 Å². The molecule has 0 aliphatic heterocycles. The molecule has 0 unspecified atom stereocenters. The van der Waals surface area contributed by atoms with Gasteiger partial charge >= 0.3 is 0 Å². The highest BCUT2D eigenvalue weighted by Gasteiger charge is 2.16. The summed E-state index contributed by atoms with van der Waals surface area (Å²) in [6.07, 6.45) is 0. The lowest BCUT2D eigenvalue weighted by Gasteiger charge is -2.16. The number of aromatic nitrogens is 1. The number of carbonyl (C=O) groups is 1. The number of anilines is 1. The fourth-order valence-electron chi connectivity index (χ4n) is 2.97. The van der Waals surface area contributed by atoms with Crippen molar-refractivity contribution >= 4 is 23.2 Å². The first-order chi connectivity index (χ1) is 12.2. The van der Waals surface area contributed by atoms with Gasteiger partial charge in [0, 0.05) is 52.4 Å². The van der Waals surface area contributed by atoms with Crippen molar-refractivity contribution in [2.45, 2.75) is 47.1 Å². The fourth-order valence-corrected chi connectivity index (χ4v) is 3.19. The number of rotatable bonds is 6. The monoisotopic (exact) mass is 375 g/mol. The highest BCUT2D eigenvalue weighted by atomic mass is 35.5. The molecule has 1 aromatic heterocycles. The van der Waals surface area contributed by atoms with E-state index in [0.717, 1.165) is 29.2 Å². The molecular formula is C20H26ClN3O2. The quantitative estimate of drug-likeness (QED) is 0.710. The topological polar surface area (TPSA) is 74.0 Å². The van der Waals surface area contributed by atoms with Crippen LogP contribution in [0.2, 0.25) is 5.02 Å². The van der Waals surface area contributed by atoms with Crippen molar-refractivity contribution in [3.05, 3.63) is 61.5 Å². The zero-order chi connectivity index (χ0) is 19.4. The van der Waals surface area contributed by atoms with Crippen LogP contribution in [-0.2, 0) is 6.54 Å². The van der Waals surface area contributed by atoms with Crippen LogP contribution in [0.5, 0.6) is 0 Å². The third kappa shape index (κ3) is 4.47. The van der Waals surface area contributed by atoms with E-state index in [4.69, 9.17) is 11.6 Å². The average Bonchev–Trinajstić information content (AvgIpc) is 2.56. The van der Waals surface area contributed by atoms with Gasteiger partial charge < -0.3 is 15.6 Å². The minimum absolute atomic E-state index is 0.0681. The van der Waals surface area contributed by atoms with Crippen molar-refractivity contribution in [2.75, 3.05) is 11.9 Å². The predicted octanol–water partition coefficient (Wildman–Crippen LogP) is 4.13. The fraction of sp³-hybridized carbons (Fsp3) is 0.400. The molecule has 3 N–H and O–H groups in total. The minimum Gasteiger partial charge on any atom is -0.385 e. The summed E-state index contributed by atoms with van der Waals surface area (Å²) in [6, 6.07) is 5.01. The Kier molecular flexibility index (Phi) is 6.48. The van der Waals surface area contributed by atoms with E-state index in [0.29, 0.717) is 16.1 Å². The van der Waals surface area contributed by atoms with Crippen LogP contribution in [0.4, 0.5) is 5.69 Å². The Morgan fingerprint density at radius 3 is 2.54 bits per heavy atom. The summed E-state index contributed by atoms with van der Waals surface area (Å²) in [4.78, 5) is 28.3. The molecule has 1 heterocycles. The Hall–Kier alpha value is -2.27. The third-order valence-corrected chi connectivity index (χ3v) is 4.51. The van der Waals surface area contributed by atoms with E-state index in [9.17, 15) is 9.59 Å². The Morgan fingerprint density at radius 2 is 1.92 bits per heavy atom. The molecule has 0 radical (unpaired) electrons. The molecule has 26 heavy (non-hydrogen) atoms. The van der Waals surface area contributed by atoms with Gasteiger partial charge in [0.2, 0.25) is 0 Å². The van der Waals surface area contributed by atoms with E-state index in [-0.39, 0.29) is 23.8 Å². The first-order valence-corrected chi connectivity index (χ1v) is 9.17. The Bertz CT molecular complexity index is 872. The van der Waals surface area contributed by atoms with E-state index < -0.39 is 0 Å². The standard InChI is InChI=1S/C20H26ClN3O2/c1-6-22-17-9-14(21)8-15(13(17)5)20(26)23-10-16-18(25)7-12(4)24-19(16)11(2)3/h7-9,11,22H,6,10H2,1-5H3,(H,23,26)(H,24,25). The number of benzene rings is 1. The summed E-state index contributed by atoms with van der Waals surface area (Å²) < 4.78 is 0. The number of hydrogen-bond acceptors (Lipinski definition) is 3. The second kappa shape index (κ2) is 8.41. The molecule has 0 saturated carbocycles. The molecule has 1 aromatic carbocycles. The molecule has 0 aliphatic rings. The maximum absolute atomic E-state index is 12.7. The zero-order valence-corrected chi connectivity index (χ0v) is 16.7. The van der Waals surface area contributed by atoms with Crippen LogP contribution < -0.4 is 16.1 Å². The maximum Gasteiger partial charge on any atom is 0.251 e. The molecule has 6 heteroatoms. The van der Waals surface area contributed by atoms with Crippen LogP contribution in [-0.4, -0.2) is 17.4 Å². The molecule has 2 aromatic rings. The number of pyridine rings is 1. The first-order valence-electron chi connectivity index (χ1n) is 8.79. The lowest BCUT2D eigenvalue weighted by atomic mass is 10.0. The summed E-state index contributed by atoms with van der Waals surface area (Å²) in [5.74, 6) is -0.0957. The van der Waals surface area contributed by atoms with E-state index in [2.05, 4.69) is 15.6 Å². The van der Waals surface area contributed by atoms with Gasteiger partial charge in [0.25, 0.3) is 5.91 Å². The van der Waals surface area contributed by atoms with Crippen molar-refractivity contribution in [1.29, 1.82) is 0 Å². The first kappa shape index (κ1) is 20.0. The van der Waals surface area contributed by atoms with Crippen molar-refractivity contribution in [3.8, 4) is 0 Å². The summed E-state index contributed by atoms with van der Waals surface area (Å²) in [5, 5.41) is 6.56. The van der Waals surface area contributed by atoms with Crippen LogP contribution in [0.25, 0.3) is 0 Å². The van der Waals surface area contributed by atoms with Gasteiger partial charge in [0.15, 0.2) is 5.43 Å². The van der Waals surface area contributed by atoms with Gasteiger partial charge in [0.05, 0.1) is 0 Å². The molecule has 0 atom stereocenters. The van der Waals surface area contributed by atoms with Gasteiger partial charge in [-0.05, 0) is 44.4 Å². The van der Waals surface area contributed by atoms with E-state index in [1.807, 2.05) is 34.6 Å². The molecule has 5 nitrogen and oxygen atoms in total. The van der Waals surface area contributed by atoms with E-state index in [1.165, 1.54) is 0 Å². The van der Waals surface area contributed by atoms with Gasteiger partial charge in [-0.25, -0.2) is 0 Å². The van der Waals surface area contributed by atoms with Crippen LogP contribution in [0.15, 0.2) is 23.0 Å². The molecule has 0 aliphatic carbocycles. The molecule has 1 amide bonds. The summed E-state index contributed by atoms with van der Waals surface area (Å²) in [7, 11) is 0. The number of carbonyl (C=O) groups excluding carboxylic acids is 1. The van der Waals surface area contributed by atoms with Crippen LogP contribution in [0.1, 0.15) is 59.6 Å². The average molecular weight is 376 g/mol. The van der Waals surface area contributed by atoms with Crippen molar-refractivity contribution in [3.63, 3.8) is 0 Å². The molecule has 2 rings (SSSR count). The Labute approximate surface area is 159 Å². The number of aryl methyl sites for hydroxylation is 1. The SMILES string of the molecule is CCNc1cc(Cl)cc(C(=O)NCc2c(C(C)C)[nH]c(C)cc2=O)c1C. The maximum atomic E-state index is 12.7. The van der Waals surface area contributed by atoms with Crippen molar-refractivity contribution in [1.82, 2.24) is 10.3 Å². The molecule has 0 saturated heterocycles. The number of nitrogens with one attached hydrogen (secondary N) is 3. The van der Waals surface area contributed by atoms with Crippen LogP contribution in [0.3, 0.4) is 0 Å². The van der Waals surface area contributed by atoms with Crippen LogP contribution >= 0.6 is 11.6 Å². The highest BCUT2D eigenvalue weighted by Crippen LogP contribution is 2.25. The molecule has 0 fully saturated rings. The second-order valence-corrected chi connectivity index (χ2v) is 7.14. The largest absolute Gasteiger partial charge is 0.385 e. The summed E-state index contributed by atoms with van der Waals surface area (Å²) in [6.45, 7) is 10.6. The van der Waals surface area contributed by atoms with Gasteiger partial charge in [-0.2, -0.15) is 0 Å². The van der Waals surface area contributed by atoms with E-state index >= 15 is 0 Å². The summed E-state index contributed by atoms with van der Waals surface area (Å²) in [5.41, 5.74) is 4.35. The number of aromatic amines is 1. The predicted molar refractivity (Wildman–Crippen MR) is 107 cm³/mol. The number of H-pyrrole nitrogens is 1. The third-order valence-electron chi connectivity index (χ3n) is 4.29. The molecular weight excluding hydrogens is 350 g/mol. The van der Waals surface area contributed by atoms with E-state index in [1.54, 1.807) is 18.2 Å². The van der Waals surface area contributed by atoms with Crippen LogP contribution in [0, 0.1) is 13.8 Å². The number of halogens is 1. The molecule has 0 spiro atoms. The number of amides is 1. The molecule has 0 bridgehead atoms. The lowest BCUT2D eigenvalue weighted by molar-refractivity contribution is 0.0950. The van der Waals surface area contributed by atoms with Gasteiger partial charge in [-0.15, -0.1) is 0 Å². The normalized spacial score (nSPS) is 10.9. The second-order valence-electron chi connectivity index (χ2n) is 6.70. The smallest absolute Gasteiger partial charge is 0.251 e. The van der Waals surface area contributed by atoms with Gasteiger partial charge in [-0.1, -0.05) is 25.4 Å². The summed E-state index contributed by atoms with van der Waals surface area (Å²) >= 11 is 6.15.